The zero-order valence-corrected chi connectivity index (χ0v) is 10.3. The Morgan fingerprint density at radius 3 is 2.75 bits per heavy atom. The van der Waals surface area contributed by atoms with Crippen molar-refractivity contribution in [2.75, 3.05) is 7.05 Å². The SMILES string of the molecule is CNC(c1cccs1)c1ccc(Cl)cc1F. The van der Waals surface area contributed by atoms with Gasteiger partial charge in [-0.1, -0.05) is 23.7 Å². The molecule has 0 aliphatic carbocycles. The molecule has 0 radical (unpaired) electrons. The first kappa shape index (κ1) is 11.6. The summed E-state index contributed by atoms with van der Waals surface area (Å²) in [7, 11) is 1.82. The molecule has 1 heterocycles. The van der Waals surface area contributed by atoms with Crippen LogP contribution in [0.4, 0.5) is 4.39 Å². The van der Waals surface area contributed by atoms with Gasteiger partial charge in [0, 0.05) is 15.5 Å². The first-order valence-corrected chi connectivity index (χ1v) is 6.13. The van der Waals surface area contributed by atoms with E-state index in [2.05, 4.69) is 5.32 Å². The van der Waals surface area contributed by atoms with Gasteiger partial charge in [-0.3, -0.25) is 0 Å². The van der Waals surface area contributed by atoms with Crippen LogP contribution in [0.5, 0.6) is 0 Å². The molecule has 16 heavy (non-hydrogen) atoms. The number of thiophene rings is 1. The van der Waals surface area contributed by atoms with Crippen LogP contribution in [0.1, 0.15) is 16.5 Å². The molecule has 0 bridgehead atoms. The fourth-order valence-corrected chi connectivity index (χ4v) is 2.65. The summed E-state index contributed by atoms with van der Waals surface area (Å²) in [5.41, 5.74) is 0.620. The van der Waals surface area contributed by atoms with Crippen molar-refractivity contribution in [2.24, 2.45) is 0 Å². The largest absolute Gasteiger partial charge is 0.309 e. The third-order valence-electron chi connectivity index (χ3n) is 2.39. The van der Waals surface area contributed by atoms with Crippen LogP contribution < -0.4 is 5.32 Å². The number of benzene rings is 1. The number of nitrogens with one attached hydrogen (secondary N) is 1. The third kappa shape index (κ3) is 2.26. The molecule has 0 amide bonds. The van der Waals surface area contributed by atoms with E-state index in [0.29, 0.717) is 10.6 Å². The van der Waals surface area contributed by atoms with Gasteiger partial charge in [0.1, 0.15) is 5.82 Å². The highest BCUT2D eigenvalue weighted by molar-refractivity contribution is 7.10. The summed E-state index contributed by atoms with van der Waals surface area (Å²) in [6.07, 6.45) is 0. The summed E-state index contributed by atoms with van der Waals surface area (Å²) in [5, 5.41) is 5.51. The van der Waals surface area contributed by atoms with Gasteiger partial charge in [-0.25, -0.2) is 4.39 Å². The topological polar surface area (TPSA) is 12.0 Å². The summed E-state index contributed by atoms with van der Waals surface area (Å²) in [4.78, 5) is 1.09. The monoisotopic (exact) mass is 255 g/mol. The van der Waals surface area contributed by atoms with Gasteiger partial charge in [-0.2, -0.15) is 0 Å². The van der Waals surface area contributed by atoms with Crippen molar-refractivity contribution >= 4 is 22.9 Å². The molecule has 0 fully saturated rings. The van der Waals surface area contributed by atoms with Gasteiger partial charge in [0.15, 0.2) is 0 Å². The predicted octanol–water partition coefficient (Wildman–Crippen LogP) is 3.85. The number of hydrogen-bond donors (Lipinski definition) is 1. The lowest BCUT2D eigenvalue weighted by Gasteiger charge is -2.15. The Balaban J connectivity index is 2.41. The maximum atomic E-state index is 13.8. The van der Waals surface area contributed by atoms with E-state index in [4.69, 9.17) is 11.6 Å². The molecule has 0 spiro atoms. The van der Waals surface area contributed by atoms with Gasteiger partial charge in [-0.05, 0) is 30.6 Å². The number of rotatable bonds is 3. The van der Waals surface area contributed by atoms with Crippen LogP contribution >= 0.6 is 22.9 Å². The molecule has 4 heteroatoms. The van der Waals surface area contributed by atoms with Gasteiger partial charge in [0.25, 0.3) is 0 Å². The minimum Gasteiger partial charge on any atom is -0.309 e. The van der Waals surface area contributed by atoms with E-state index in [9.17, 15) is 4.39 Å². The Hall–Kier alpha value is -0.900. The summed E-state index contributed by atoms with van der Waals surface area (Å²) in [6.45, 7) is 0. The van der Waals surface area contributed by atoms with Crippen molar-refractivity contribution in [1.82, 2.24) is 5.32 Å². The average Bonchev–Trinajstić information content (AvgIpc) is 2.75. The summed E-state index contributed by atoms with van der Waals surface area (Å²) in [5.74, 6) is -0.278. The van der Waals surface area contributed by atoms with Crippen LogP contribution in [0.25, 0.3) is 0 Å². The van der Waals surface area contributed by atoms with Crippen molar-refractivity contribution in [3.05, 3.63) is 57.0 Å². The molecular weight excluding hydrogens is 245 g/mol. The predicted molar refractivity (Wildman–Crippen MR) is 66.6 cm³/mol. The molecule has 84 valence electrons. The van der Waals surface area contributed by atoms with E-state index in [-0.39, 0.29) is 11.9 Å². The van der Waals surface area contributed by atoms with E-state index < -0.39 is 0 Å². The third-order valence-corrected chi connectivity index (χ3v) is 3.56. The minimum absolute atomic E-state index is 0.114. The van der Waals surface area contributed by atoms with Crippen LogP contribution in [-0.2, 0) is 0 Å². The summed E-state index contributed by atoms with van der Waals surface area (Å²) in [6, 6.07) is 8.60. The lowest BCUT2D eigenvalue weighted by molar-refractivity contribution is 0.579. The molecule has 0 aliphatic rings. The number of hydrogen-bond acceptors (Lipinski definition) is 2. The highest BCUT2D eigenvalue weighted by Gasteiger charge is 2.16. The van der Waals surface area contributed by atoms with Gasteiger partial charge in [0.05, 0.1) is 6.04 Å². The highest BCUT2D eigenvalue weighted by atomic mass is 35.5. The summed E-state index contributed by atoms with van der Waals surface area (Å²) < 4.78 is 13.8. The van der Waals surface area contributed by atoms with Crippen LogP contribution in [0.15, 0.2) is 35.7 Å². The maximum Gasteiger partial charge on any atom is 0.129 e. The number of halogens is 2. The second-order valence-corrected chi connectivity index (χ2v) is 4.82. The maximum absolute atomic E-state index is 13.8. The molecule has 0 aliphatic heterocycles. The zero-order valence-electron chi connectivity index (χ0n) is 8.71. The van der Waals surface area contributed by atoms with Crippen molar-refractivity contribution in [2.45, 2.75) is 6.04 Å². The smallest absolute Gasteiger partial charge is 0.129 e. The first-order chi connectivity index (χ1) is 7.72. The van der Waals surface area contributed by atoms with Crippen molar-refractivity contribution in [3.8, 4) is 0 Å². The van der Waals surface area contributed by atoms with E-state index in [1.807, 2.05) is 24.6 Å². The second-order valence-electron chi connectivity index (χ2n) is 3.40. The van der Waals surface area contributed by atoms with Crippen LogP contribution in [0.3, 0.4) is 0 Å². The Morgan fingerprint density at radius 2 is 2.19 bits per heavy atom. The lowest BCUT2D eigenvalue weighted by Crippen LogP contribution is -2.17. The molecule has 1 N–H and O–H groups in total. The minimum atomic E-state index is -0.278. The van der Waals surface area contributed by atoms with Crippen molar-refractivity contribution in [3.63, 3.8) is 0 Å². The molecule has 1 unspecified atom stereocenters. The highest BCUT2D eigenvalue weighted by Crippen LogP contribution is 2.28. The van der Waals surface area contributed by atoms with Crippen molar-refractivity contribution < 1.29 is 4.39 Å². The molecule has 2 rings (SSSR count). The first-order valence-electron chi connectivity index (χ1n) is 4.88. The Kier molecular flexibility index (Phi) is 3.59. The standard InChI is InChI=1S/C12H11ClFNS/c1-15-12(11-3-2-6-16-11)9-5-4-8(13)7-10(9)14/h2-7,12,15H,1H3. The molecule has 1 atom stereocenters. The normalized spacial score (nSPS) is 12.7. The van der Waals surface area contributed by atoms with Crippen LogP contribution in [-0.4, -0.2) is 7.05 Å². The fraction of sp³-hybridized carbons (Fsp3) is 0.167. The fourth-order valence-electron chi connectivity index (χ4n) is 1.64. The summed E-state index contributed by atoms with van der Waals surface area (Å²) >= 11 is 7.33. The van der Waals surface area contributed by atoms with Gasteiger partial charge < -0.3 is 5.32 Å². The van der Waals surface area contributed by atoms with E-state index in [1.165, 1.54) is 6.07 Å². The van der Waals surface area contributed by atoms with Crippen molar-refractivity contribution in [1.29, 1.82) is 0 Å². The molecule has 1 aromatic heterocycles. The Labute approximate surface area is 103 Å². The molecule has 1 nitrogen and oxygen atoms in total. The molecule has 0 saturated carbocycles. The zero-order chi connectivity index (χ0) is 11.5. The van der Waals surface area contributed by atoms with E-state index in [0.717, 1.165) is 4.88 Å². The van der Waals surface area contributed by atoms with Gasteiger partial charge in [0.2, 0.25) is 0 Å². The second kappa shape index (κ2) is 4.95. The van der Waals surface area contributed by atoms with E-state index >= 15 is 0 Å². The molecular formula is C12H11ClFNS. The Bertz CT molecular complexity index is 470. The van der Waals surface area contributed by atoms with Crippen LogP contribution in [0, 0.1) is 5.82 Å². The van der Waals surface area contributed by atoms with E-state index in [1.54, 1.807) is 23.5 Å². The quantitative estimate of drug-likeness (QED) is 0.879. The molecule has 0 saturated heterocycles. The Morgan fingerprint density at radius 1 is 1.38 bits per heavy atom. The van der Waals surface area contributed by atoms with Gasteiger partial charge >= 0.3 is 0 Å². The van der Waals surface area contributed by atoms with Gasteiger partial charge in [-0.15, -0.1) is 11.3 Å². The van der Waals surface area contributed by atoms with Crippen LogP contribution in [0.2, 0.25) is 5.02 Å². The average molecular weight is 256 g/mol. The lowest BCUT2D eigenvalue weighted by atomic mass is 10.1. The molecule has 1 aromatic carbocycles. The molecule has 2 aromatic rings.